The summed E-state index contributed by atoms with van der Waals surface area (Å²) >= 11 is 0. The van der Waals surface area contributed by atoms with Gasteiger partial charge in [-0.15, -0.1) is 0 Å². The number of carbonyl (C=O) groups is 4. The van der Waals surface area contributed by atoms with Crippen LogP contribution in [-0.4, -0.2) is 47.1 Å². The smallest absolute Gasteiger partial charge is 0.311 e. The molecule has 8 rings (SSSR count). The molecule has 2 aliphatic carbocycles. The minimum Gasteiger partial charge on any atom is -0.481 e. The number of nitrogens with zero attached hydrogens (tertiary/aromatic N) is 2. The molecule has 224 valence electrons. The van der Waals surface area contributed by atoms with Crippen molar-refractivity contribution in [3.05, 3.63) is 108 Å². The van der Waals surface area contributed by atoms with Gasteiger partial charge in [-0.2, -0.15) is 0 Å². The van der Waals surface area contributed by atoms with Crippen molar-refractivity contribution < 1.29 is 38.2 Å². The van der Waals surface area contributed by atoms with Crippen molar-refractivity contribution in [2.45, 2.75) is 24.7 Å². The third-order valence-electron chi connectivity index (χ3n) is 9.46. The molecule has 2 saturated heterocycles. The van der Waals surface area contributed by atoms with Crippen LogP contribution in [0.4, 0.5) is 11.4 Å². The molecule has 0 bridgehead atoms. The highest BCUT2D eigenvalue weighted by molar-refractivity contribution is 6.02. The van der Waals surface area contributed by atoms with Crippen molar-refractivity contribution in [3.8, 4) is 0 Å². The Labute approximate surface area is 252 Å². The van der Waals surface area contributed by atoms with Crippen LogP contribution in [0.2, 0.25) is 0 Å². The minimum absolute atomic E-state index is 0.0209. The summed E-state index contributed by atoms with van der Waals surface area (Å²) < 4.78 is 10.9. The molecule has 2 fully saturated rings. The fourth-order valence-electron chi connectivity index (χ4n) is 7.56. The van der Waals surface area contributed by atoms with Crippen molar-refractivity contribution in [2.75, 3.05) is 22.9 Å². The van der Waals surface area contributed by atoms with Crippen LogP contribution in [0.15, 0.2) is 94.2 Å². The predicted molar refractivity (Wildman–Crippen MR) is 157 cm³/mol. The number of amides is 2. The van der Waals surface area contributed by atoms with Crippen molar-refractivity contribution in [3.63, 3.8) is 0 Å². The first-order valence-electron chi connectivity index (χ1n) is 14.6. The number of rotatable bonds is 4. The number of carboxylic acids is 2. The number of hydrogen-bond acceptors (Lipinski definition) is 6. The summed E-state index contributed by atoms with van der Waals surface area (Å²) in [6, 6.07) is 22.2. The average Bonchev–Trinajstić information content (AvgIpc) is 3.82. The summed E-state index contributed by atoms with van der Waals surface area (Å²) in [6.45, 7) is 1.08. The second-order valence-corrected chi connectivity index (χ2v) is 11.8. The Hall–Kier alpha value is -5.12. The number of aliphatic carboxylic acids is 2. The lowest BCUT2D eigenvalue weighted by Crippen LogP contribution is -2.35. The van der Waals surface area contributed by atoms with Gasteiger partial charge in [-0.25, -0.2) is 0 Å². The summed E-state index contributed by atoms with van der Waals surface area (Å²) in [6.07, 6.45) is 4.26. The van der Waals surface area contributed by atoms with Gasteiger partial charge in [-0.3, -0.25) is 19.2 Å². The van der Waals surface area contributed by atoms with Crippen LogP contribution in [0, 0.1) is 23.7 Å². The van der Waals surface area contributed by atoms with Crippen molar-refractivity contribution in [1.29, 1.82) is 0 Å². The lowest BCUT2D eigenvalue weighted by atomic mass is 9.73. The van der Waals surface area contributed by atoms with Gasteiger partial charge < -0.3 is 28.8 Å². The van der Waals surface area contributed by atoms with Gasteiger partial charge in [0.1, 0.15) is 11.5 Å². The Kier molecular flexibility index (Phi) is 6.84. The van der Waals surface area contributed by atoms with E-state index in [1.165, 1.54) is 12.5 Å². The molecule has 44 heavy (non-hydrogen) atoms. The van der Waals surface area contributed by atoms with E-state index in [1.807, 2.05) is 60.7 Å². The zero-order valence-electron chi connectivity index (χ0n) is 23.6. The van der Waals surface area contributed by atoms with Crippen LogP contribution in [0.1, 0.15) is 34.5 Å². The molecular formula is C34H30N2O8. The molecule has 2 aliphatic heterocycles. The van der Waals surface area contributed by atoms with Gasteiger partial charge in [0.15, 0.2) is 0 Å². The zero-order chi connectivity index (χ0) is 30.5. The number of furan rings is 2. The molecular weight excluding hydrogens is 564 g/mol. The number of anilines is 2. The quantitative estimate of drug-likeness (QED) is 0.350. The Bertz CT molecular complexity index is 1600. The second kappa shape index (κ2) is 10.9. The first-order valence-corrected chi connectivity index (χ1v) is 14.6. The Morgan fingerprint density at radius 2 is 1.00 bits per heavy atom. The second-order valence-electron chi connectivity index (χ2n) is 11.8. The van der Waals surface area contributed by atoms with Crippen LogP contribution < -0.4 is 9.80 Å². The van der Waals surface area contributed by atoms with E-state index in [1.54, 1.807) is 21.9 Å². The van der Waals surface area contributed by atoms with Crippen molar-refractivity contribution >= 4 is 35.1 Å². The minimum atomic E-state index is -0.958. The lowest BCUT2D eigenvalue weighted by Gasteiger charge is -2.27. The van der Waals surface area contributed by atoms with E-state index in [0.717, 1.165) is 11.4 Å². The highest BCUT2D eigenvalue weighted by Gasteiger charge is 2.53. The van der Waals surface area contributed by atoms with Crippen molar-refractivity contribution in [1.82, 2.24) is 0 Å². The predicted octanol–water partition coefficient (Wildman–Crippen LogP) is 4.57. The number of benzene rings is 2. The molecule has 2 aromatic heterocycles. The van der Waals surface area contributed by atoms with E-state index in [9.17, 15) is 29.4 Å². The third kappa shape index (κ3) is 4.49. The van der Waals surface area contributed by atoms with E-state index < -0.39 is 35.6 Å². The zero-order valence-corrected chi connectivity index (χ0v) is 23.6. The molecule has 4 heterocycles. The molecule has 0 saturated carbocycles. The molecule has 4 aromatic rings. The summed E-state index contributed by atoms with van der Waals surface area (Å²) in [5.41, 5.74) is 2.94. The fourth-order valence-corrected chi connectivity index (χ4v) is 7.56. The van der Waals surface area contributed by atoms with Gasteiger partial charge in [0.2, 0.25) is 11.8 Å². The Morgan fingerprint density at radius 1 is 0.614 bits per heavy atom. The number of carboxylic acid groups (broad SMARTS) is 2. The van der Waals surface area contributed by atoms with E-state index in [0.29, 0.717) is 48.6 Å². The van der Waals surface area contributed by atoms with Gasteiger partial charge in [-0.1, -0.05) is 36.4 Å². The van der Waals surface area contributed by atoms with E-state index in [2.05, 4.69) is 0 Å². The van der Waals surface area contributed by atoms with Crippen LogP contribution in [0.3, 0.4) is 0 Å². The molecule has 0 unspecified atom stereocenters. The molecule has 2 aromatic carbocycles. The van der Waals surface area contributed by atoms with Gasteiger partial charge >= 0.3 is 11.9 Å². The number of fused-ring (bicyclic) bond motifs is 4. The Morgan fingerprint density at radius 3 is 1.36 bits per heavy atom. The van der Waals surface area contributed by atoms with Crippen LogP contribution in [-0.2, 0) is 32.0 Å². The number of carbonyl (C=O) groups excluding carboxylic acids is 2. The number of hydrogen-bond donors (Lipinski definition) is 2. The molecule has 4 aliphatic rings. The van der Waals surface area contributed by atoms with Crippen LogP contribution in [0.25, 0.3) is 0 Å². The maximum Gasteiger partial charge on any atom is 0.311 e. The molecule has 0 radical (unpaired) electrons. The highest BCUT2D eigenvalue weighted by Crippen LogP contribution is 2.47. The van der Waals surface area contributed by atoms with E-state index >= 15 is 0 Å². The monoisotopic (exact) mass is 594 g/mol. The van der Waals surface area contributed by atoms with Gasteiger partial charge in [-0.05, 0) is 48.2 Å². The van der Waals surface area contributed by atoms with Gasteiger partial charge in [0, 0.05) is 48.4 Å². The van der Waals surface area contributed by atoms with Crippen molar-refractivity contribution in [2.24, 2.45) is 23.7 Å². The van der Waals surface area contributed by atoms with Crippen LogP contribution in [0.5, 0.6) is 0 Å². The largest absolute Gasteiger partial charge is 0.481 e. The lowest BCUT2D eigenvalue weighted by molar-refractivity contribution is -0.143. The average molecular weight is 595 g/mol. The molecule has 2 N–H and O–H groups in total. The van der Waals surface area contributed by atoms with E-state index in [-0.39, 0.29) is 23.7 Å². The van der Waals surface area contributed by atoms with Gasteiger partial charge in [0.05, 0.1) is 36.2 Å². The highest BCUT2D eigenvalue weighted by atomic mass is 16.4. The molecule has 10 nitrogen and oxygen atoms in total. The maximum absolute atomic E-state index is 12.8. The first kappa shape index (κ1) is 27.7. The normalized spacial score (nSPS) is 26.6. The topological polar surface area (TPSA) is 142 Å². The number of para-hydroxylation sites is 2. The summed E-state index contributed by atoms with van der Waals surface area (Å²) in [5, 5.41) is 19.2. The molecule has 2 amide bonds. The standard InChI is InChI=1S/2C17H15NO4/c2*19-16-14-10(9-18(16)11-4-2-1-3-5-11)8-13-12(6-7-22-13)15(14)17(20)21/h2*1-7,10,14-15H,8-9H2,(H,20,21)/t2*10-,14-,15+/m11/s1. The molecule has 10 heteroatoms. The fraction of sp³-hybridized carbons (Fsp3) is 0.294. The van der Waals surface area contributed by atoms with Crippen LogP contribution >= 0.6 is 0 Å². The maximum atomic E-state index is 12.8. The summed E-state index contributed by atoms with van der Waals surface area (Å²) in [5.74, 6) is -3.40. The molecule has 0 spiro atoms. The third-order valence-corrected chi connectivity index (χ3v) is 9.46. The SMILES string of the molecule is O=C(O)[C@H]1c2ccoc2C[C@@H]2CN(c3ccccc3)C(=O)[C@H]21.O=C(O)[C@H]1c2ccoc2C[C@@H]2CN(c3ccccc3)C(=O)[C@H]21. The summed E-state index contributed by atoms with van der Waals surface area (Å²) in [4.78, 5) is 52.5. The van der Waals surface area contributed by atoms with Gasteiger partial charge in [0.25, 0.3) is 0 Å². The first-order chi connectivity index (χ1) is 21.3. The Balaban J connectivity index is 0.000000142. The summed E-state index contributed by atoms with van der Waals surface area (Å²) in [7, 11) is 0. The van der Waals surface area contributed by atoms with E-state index in [4.69, 9.17) is 8.83 Å². The molecule has 6 atom stereocenters.